The first-order valence-corrected chi connectivity index (χ1v) is 9.35. The number of benzene rings is 2. The molecule has 0 fully saturated rings. The summed E-state index contributed by atoms with van der Waals surface area (Å²) in [5.41, 5.74) is 1.33. The lowest BCUT2D eigenvalue weighted by Gasteiger charge is -2.08. The number of tetrazole rings is 1. The van der Waals surface area contributed by atoms with Crippen LogP contribution < -0.4 is 10.1 Å². The van der Waals surface area contributed by atoms with Gasteiger partial charge in [-0.3, -0.25) is 4.79 Å². The number of carbonyl (C=O) groups excluding carboxylic acids is 1. The molecule has 0 unspecified atom stereocenters. The Kier molecular flexibility index (Phi) is 5.65. The van der Waals surface area contributed by atoms with Gasteiger partial charge in [0.25, 0.3) is 0 Å². The molecule has 11 heteroatoms. The Morgan fingerprint density at radius 3 is 2.74 bits per heavy atom. The molecule has 4 aromatic rings. The van der Waals surface area contributed by atoms with Gasteiger partial charge in [-0.2, -0.15) is 9.67 Å². The number of methoxy groups -OCH3 is 1. The number of nitrogens with one attached hydrogen (secondary N) is 1. The first kappa shape index (κ1) is 20.1. The summed E-state index contributed by atoms with van der Waals surface area (Å²) in [5.74, 6) is 1.12. The summed E-state index contributed by atoms with van der Waals surface area (Å²) in [6.45, 7) is 1.65. The Labute approximate surface area is 176 Å². The maximum atomic E-state index is 14.1. The Morgan fingerprint density at radius 1 is 1.23 bits per heavy atom. The second-order valence-electron chi connectivity index (χ2n) is 6.59. The van der Waals surface area contributed by atoms with Gasteiger partial charge in [0, 0.05) is 24.1 Å². The van der Waals surface area contributed by atoms with E-state index in [0.717, 1.165) is 11.3 Å². The van der Waals surface area contributed by atoms with E-state index in [0.29, 0.717) is 23.2 Å². The Bertz CT molecular complexity index is 1200. The zero-order chi connectivity index (χ0) is 21.8. The largest absolute Gasteiger partial charge is 0.497 e. The minimum Gasteiger partial charge on any atom is -0.497 e. The third kappa shape index (κ3) is 4.55. The van der Waals surface area contributed by atoms with Crippen molar-refractivity contribution in [3.63, 3.8) is 0 Å². The van der Waals surface area contributed by atoms with Crippen LogP contribution in [0.2, 0.25) is 0 Å². The van der Waals surface area contributed by atoms with Gasteiger partial charge in [-0.05, 0) is 59.8 Å². The molecule has 0 saturated carbocycles. The van der Waals surface area contributed by atoms with Crippen molar-refractivity contribution in [1.29, 1.82) is 0 Å². The number of hydrogen-bond acceptors (Lipinski definition) is 8. The smallest absolute Gasteiger partial charge is 0.227 e. The van der Waals surface area contributed by atoms with Crippen molar-refractivity contribution >= 4 is 11.6 Å². The number of amides is 1. The van der Waals surface area contributed by atoms with Gasteiger partial charge < -0.3 is 14.6 Å². The van der Waals surface area contributed by atoms with Crippen LogP contribution in [-0.2, 0) is 11.2 Å². The van der Waals surface area contributed by atoms with Gasteiger partial charge in [0.2, 0.25) is 17.6 Å². The van der Waals surface area contributed by atoms with Crippen LogP contribution in [0, 0.1) is 12.7 Å². The molecule has 158 valence electrons. The molecule has 10 nitrogen and oxygen atoms in total. The van der Waals surface area contributed by atoms with Crippen LogP contribution in [0.5, 0.6) is 5.75 Å². The first-order chi connectivity index (χ1) is 15.0. The van der Waals surface area contributed by atoms with Crippen molar-refractivity contribution < 1.29 is 18.4 Å². The summed E-state index contributed by atoms with van der Waals surface area (Å²) in [5, 5.41) is 17.7. The lowest BCUT2D eigenvalue weighted by atomic mass is 10.2. The molecule has 1 amide bonds. The summed E-state index contributed by atoms with van der Waals surface area (Å²) in [6.07, 6.45) is 0.371. The molecule has 4 rings (SSSR count). The molecule has 2 aromatic carbocycles. The van der Waals surface area contributed by atoms with Gasteiger partial charge in [0.05, 0.1) is 7.11 Å². The minimum atomic E-state index is -0.509. The quantitative estimate of drug-likeness (QED) is 0.482. The summed E-state index contributed by atoms with van der Waals surface area (Å²) >= 11 is 0. The maximum Gasteiger partial charge on any atom is 0.227 e. The van der Waals surface area contributed by atoms with E-state index < -0.39 is 5.82 Å². The van der Waals surface area contributed by atoms with Gasteiger partial charge in [-0.1, -0.05) is 5.16 Å². The number of ether oxygens (including phenoxy) is 1. The average molecular weight is 423 g/mol. The standard InChI is InChI=1S/C20H18FN7O3/c1-12-24-26-27-28(12)17-11-14(5-8-16(17)21)22-18(29)9-10-19-23-20(25-31-19)13-3-6-15(30-2)7-4-13/h3-8,11H,9-10H2,1-2H3,(H,22,29). The number of aromatic nitrogens is 6. The summed E-state index contributed by atoms with van der Waals surface area (Å²) in [4.78, 5) is 16.6. The molecule has 2 heterocycles. The highest BCUT2D eigenvalue weighted by Gasteiger charge is 2.14. The van der Waals surface area contributed by atoms with E-state index in [2.05, 4.69) is 31.0 Å². The van der Waals surface area contributed by atoms with Crippen molar-refractivity contribution in [1.82, 2.24) is 30.3 Å². The van der Waals surface area contributed by atoms with E-state index in [1.54, 1.807) is 26.2 Å². The minimum absolute atomic E-state index is 0.112. The SMILES string of the molecule is COc1ccc(-c2noc(CCC(=O)Nc3ccc(F)c(-n4nnnc4C)c3)n2)cc1. The molecule has 0 spiro atoms. The van der Waals surface area contributed by atoms with E-state index in [9.17, 15) is 9.18 Å². The molecular formula is C20H18FN7O3. The van der Waals surface area contributed by atoms with Crippen molar-refractivity contribution in [2.45, 2.75) is 19.8 Å². The second-order valence-corrected chi connectivity index (χ2v) is 6.59. The summed E-state index contributed by atoms with van der Waals surface area (Å²) in [6, 6.07) is 11.4. The van der Waals surface area contributed by atoms with Crippen molar-refractivity contribution in [3.05, 3.63) is 60.0 Å². The zero-order valence-electron chi connectivity index (χ0n) is 16.7. The molecule has 31 heavy (non-hydrogen) atoms. The van der Waals surface area contributed by atoms with E-state index in [-0.39, 0.29) is 24.4 Å². The molecule has 0 aliphatic carbocycles. The molecule has 1 N–H and O–H groups in total. The van der Waals surface area contributed by atoms with Crippen LogP contribution in [0.3, 0.4) is 0 Å². The maximum absolute atomic E-state index is 14.1. The molecule has 0 bridgehead atoms. The Hall–Kier alpha value is -4.15. The van der Waals surface area contributed by atoms with Gasteiger partial charge in [0.1, 0.15) is 17.3 Å². The number of hydrogen-bond donors (Lipinski definition) is 1. The molecule has 2 aromatic heterocycles. The predicted octanol–water partition coefficient (Wildman–Crippen LogP) is 2.74. The van der Waals surface area contributed by atoms with Crippen LogP contribution in [0.25, 0.3) is 17.1 Å². The first-order valence-electron chi connectivity index (χ1n) is 9.35. The fraction of sp³-hybridized carbons (Fsp3) is 0.200. The molecular weight excluding hydrogens is 405 g/mol. The summed E-state index contributed by atoms with van der Waals surface area (Å²) in [7, 11) is 1.59. The van der Waals surface area contributed by atoms with Crippen LogP contribution in [-0.4, -0.2) is 43.4 Å². The highest BCUT2D eigenvalue weighted by Crippen LogP contribution is 2.21. The van der Waals surface area contributed by atoms with Crippen LogP contribution in [0.4, 0.5) is 10.1 Å². The topological polar surface area (TPSA) is 121 Å². The highest BCUT2D eigenvalue weighted by molar-refractivity contribution is 5.91. The fourth-order valence-corrected chi connectivity index (χ4v) is 2.86. The van der Waals surface area contributed by atoms with E-state index in [1.165, 1.54) is 22.9 Å². The lowest BCUT2D eigenvalue weighted by molar-refractivity contribution is -0.116. The van der Waals surface area contributed by atoms with E-state index in [1.807, 2.05) is 12.1 Å². The summed E-state index contributed by atoms with van der Waals surface area (Å²) < 4.78 is 25.7. The molecule has 0 saturated heterocycles. The normalized spacial score (nSPS) is 10.8. The predicted molar refractivity (Wildman–Crippen MR) is 107 cm³/mol. The van der Waals surface area contributed by atoms with Crippen LogP contribution >= 0.6 is 0 Å². The third-order valence-corrected chi connectivity index (χ3v) is 4.47. The van der Waals surface area contributed by atoms with E-state index in [4.69, 9.17) is 9.26 Å². The number of rotatable bonds is 7. The number of halogens is 1. The second kappa shape index (κ2) is 8.69. The van der Waals surface area contributed by atoms with Gasteiger partial charge in [-0.15, -0.1) is 5.10 Å². The van der Waals surface area contributed by atoms with Crippen molar-refractivity contribution in [2.24, 2.45) is 0 Å². The van der Waals surface area contributed by atoms with Crippen molar-refractivity contribution in [2.75, 3.05) is 12.4 Å². The Balaban J connectivity index is 1.38. The lowest BCUT2D eigenvalue weighted by Crippen LogP contribution is -2.13. The molecule has 0 radical (unpaired) electrons. The van der Waals surface area contributed by atoms with Crippen molar-refractivity contribution in [3.8, 4) is 22.8 Å². The number of aryl methyl sites for hydroxylation is 2. The Morgan fingerprint density at radius 2 is 2.03 bits per heavy atom. The molecule has 0 atom stereocenters. The molecule has 0 aliphatic heterocycles. The number of anilines is 1. The average Bonchev–Trinajstić information content (AvgIpc) is 3.43. The fourth-order valence-electron chi connectivity index (χ4n) is 2.86. The monoisotopic (exact) mass is 423 g/mol. The van der Waals surface area contributed by atoms with Gasteiger partial charge in [0.15, 0.2) is 5.82 Å². The van der Waals surface area contributed by atoms with Crippen LogP contribution in [0.1, 0.15) is 18.1 Å². The number of carbonyl (C=O) groups is 1. The third-order valence-electron chi connectivity index (χ3n) is 4.47. The zero-order valence-corrected chi connectivity index (χ0v) is 16.7. The number of nitrogens with zero attached hydrogens (tertiary/aromatic N) is 6. The van der Waals surface area contributed by atoms with Gasteiger partial charge in [-0.25, -0.2) is 4.39 Å². The van der Waals surface area contributed by atoms with Crippen LogP contribution in [0.15, 0.2) is 47.0 Å². The highest BCUT2D eigenvalue weighted by atomic mass is 19.1. The van der Waals surface area contributed by atoms with E-state index >= 15 is 0 Å². The van der Waals surface area contributed by atoms with Gasteiger partial charge >= 0.3 is 0 Å². The molecule has 0 aliphatic rings.